The SMILES string of the molecule is O=[N+]([O-])c1ccc(OCc2ccc(I)cc2)cc1F. The molecule has 0 heterocycles. The number of nitro groups is 1. The Labute approximate surface area is 122 Å². The molecule has 0 N–H and O–H groups in total. The van der Waals surface area contributed by atoms with E-state index < -0.39 is 16.4 Å². The molecule has 0 saturated heterocycles. The second-order valence-corrected chi connectivity index (χ2v) is 5.03. The quantitative estimate of drug-likeness (QED) is 0.464. The first-order chi connectivity index (χ1) is 9.06. The van der Waals surface area contributed by atoms with Gasteiger partial charge in [0.2, 0.25) is 5.82 Å². The zero-order valence-electron chi connectivity index (χ0n) is 9.68. The third-order valence-electron chi connectivity index (χ3n) is 2.43. The molecular weight excluding hydrogens is 364 g/mol. The van der Waals surface area contributed by atoms with Crippen molar-refractivity contribution in [2.45, 2.75) is 6.61 Å². The van der Waals surface area contributed by atoms with E-state index in [9.17, 15) is 14.5 Å². The summed E-state index contributed by atoms with van der Waals surface area (Å²) in [6.07, 6.45) is 0. The fourth-order valence-electron chi connectivity index (χ4n) is 1.47. The molecule has 0 amide bonds. The van der Waals surface area contributed by atoms with Crippen LogP contribution in [0.15, 0.2) is 42.5 Å². The average Bonchev–Trinajstić information content (AvgIpc) is 2.37. The number of nitro benzene ring substituents is 1. The highest BCUT2D eigenvalue weighted by molar-refractivity contribution is 14.1. The Morgan fingerprint density at radius 2 is 1.89 bits per heavy atom. The summed E-state index contributed by atoms with van der Waals surface area (Å²) in [5, 5.41) is 10.5. The number of hydrogen-bond acceptors (Lipinski definition) is 3. The van der Waals surface area contributed by atoms with Crippen LogP contribution in [0.5, 0.6) is 5.75 Å². The van der Waals surface area contributed by atoms with Gasteiger partial charge in [-0.05, 0) is 46.4 Å². The first-order valence-electron chi connectivity index (χ1n) is 5.37. The number of nitrogens with zero attached hydrogens (tertiary/aromatic N) is 1. The third-order valence-corrected chi connectivity index (χ3v) is 3.15. The Kier molecular flexibility index (Phi) is 4.31. The van der Waals surface area contributed by atoms with Crippen molar-refractivity contribution in [2.75, 3.05) is 0 Å². The average molecular weight is 373 g/mol. The highest BCUT2D eigenvalue weighted by atomic mass is 127. The van der Waals surface area contributed by atoms with Gasteiger partial charge in [-0.15, -0.1) is 0 Å². The molecule has 0 bridgehead atoms. The van der Waals surface area contributed by atoms with Crippen LogP contribution < -0.4 is 4.74 Å². The van der Waals surface area contributed by atoms with Gasteiger partial charge in [-0.25, -0.2) is 0 Å². The normalized spacial score (nSPS) is 10.2. The number of ether oxygens (including phenoxy) is 1. The fourth-order valence-corrected chi connectivity index (χ4v) is 1.83. The second kappa shape index (κ2) is 5.96. The minimum atomic E-state index is -0.898. The van der Waals surface area contributed by atoms with Gasteiger partial charge in [-0.2, -0.15) is 4.39 Å². The molecule has 2 aromatic carbocycles. The third kappa shape index (κ3) is 3.63. The predicted octanol–water partition coefficient (Wildman–Crippen LogP) is 3.92. The molecule has 0 spiro atoms. The van der Waals surface area contributed by atoms with Crippen LogP contribution in [-0.2, 0) is 6.61 Å². The van der Waals surface area contributed by atoms with Crippen LogP contribution in [0, 0.1) is 19.5 Å². The van der Waals surface area contributed by atoms with Gasteiger partial charge in [-0.3, -0.25) is 10.1 Å². The largest absolute Gasteiger partial charge is 0.489 e. The standard InChI is InChI=1S/C13H9FINO3/c14-12-7-11(5-6-13(12)16(17)18)19-8-9-1-3-10(15)4-2-9/h1-7H,8H2. The summed E-state index contributed by atoms with van der Waals surface area (Å²) in [6, 6.07) is 11.2. The predicted molar refractivity (Wildman–Crippen MR) is 76.5 cm³/mol. The van der Waals surface area contributed by atoms with Crippen molar-refractivity contribution in [2.24, 2.45) is 0 Å². The van der Waals surface area contributed by atoms with E-state index in [1.54, 1.807) is 0 Å². The van der Waals surface area contributed by atoms with Crippen molar-refractivity contribution in [3.63, 3.8) is 0 Å². The molecule has 0 aliphatic carbocycles. The number of benzene rings is 2. The Morgan fingerprint density at radius 1 is 1.21 bits per heavy atom. The molecule has 0 radical (unpaired) electrons. The lowest BCUT2D eigenvalue weighted by molar-refractivity contribution is -0.387. The number of halogens is 2. The molecule has 0 saturated carbocycles. The van der Waals surface area contributed by atoms with Gasteiger partial charge in [0.1, 0.15) is 12.4 Å². The highest BCUT2D eigenvalue weighted by Gasteiger charge is 2.14. The molecule has 0 fully saturated rings. The van der Waals surface area contributed by atoms with Crippen molar-refractivity contribution >= 4 is 28.3 Å². The molecule has 0 aromatic heterocycles. The molecule has 6 heteroatoms. The van der Waals surface area contributed by atoms with E-state index in [-0.39, 0.29) is 12.4 Å². The lowest BCUT2D eigenvalue weighted by atomic mass is 10.2. The monoisotopic (exact) mass is 373 g/mol. The van der Waals surface area contributed by atoms with Crippen LogP contribution in [0.25, 0.3) is 0 Å². The van der Waals surface area contributed by atoms with Crippen LogP contribution in [0.2, 0.25) is 0 Å². The first kappa shape index (κ1) is 13.7. The summed E-state index contributed by atoms with van der Waals surface area (Å²) in [7, 11) is 0. The lowest BCUT2D eigenvalue weighted by Gasteiger charge is -2.06. The zero-order chi connectivity index (χ0) is 13.8. The van der Waals surface area contributed by atoms with E-state index in [0.717, 1.165) is 21.3 Å². The van der Waals surface area contributed by atoms with Crippen molar-refractivity contribution in [1.82, 2.24) is 0 Å². The maximum atomic E-state index is 13.4. The Bertz CT molecular complexity index is 601. The Morgan fingerprint density at radius 3 is 2.47 bits per heavy atom. The van der Waals surface area contributed by atoms with Gasteiger partial charge in [0.05, 0.1) is 4.92 Å². The fraction of sp³-hybridized carbons (Fsp3) is 0.0769. The van der Waals surface area contributed by atoms with Gasteiger partial charge in [0, 0.05) is 15.7 Å². The molecule has 0 aliphatic heterocycles. The molecule has 19 heavy (non-hydrogen) atoms. The van der Waals surface area contributed by atoms with E-state index >= 15 is 0 Å². The maximum Gasteiger partial charge on any atom is 0.305 e. The second-order valence-electron chi connectivity index (χ2n) is 3.79. The maximum absolute atomic E-state index is 13.4. The van der Waals surface area contributed by atoms with Gasteiger partial charge in [-0.1, -0.05) is 12.1 Å². The summed E-state index contributed by atoms with van der Waals surface area (Å²) in [5.74, 6) is -0.633. The van der Waals surface area contributed by atoms with Crippen LogP contribution in [-0.4, -0.2) is 4.92 Å². The van der Waals surface area contributed by atoms with Crippen LogP contribution in [0.1, 0.15) is 5.56 Å². The molecule has 0 aliphatic rings. The summed E-state index contributed by atoms with van der Waals surface area (Å²) in [5.41, 5.74) is 0.390. The summed E-state index contributed by atoms with van der Waals surface area (Å²) in [4.78, 5) is 9.70. The molecule has 2 rings (SSSR count). The van der Waals surface area contributed by atoms with E-state index in [1.165, 1.54) is 6.07 Å². The van der Waals surface area contributed by atoms with Crippen molar-refractivity contribution in [3.05, 3.63) is 67.5 Å². The Hall–Kier alpha value is -1.70. The summed E-state index contributed by atoms with van der Waals surface area (Å²) >= 11 is 2.20. The van der Waals surface area contributed by atoms with Crippen molar-refractivity contribution in [3.8, 4) is 5.75 Å². The summed E-state index contributed by atoms with van der Waals surface area (Å²) in [6.45, 7) is 0.286. The van der Waals surface area contributed by atoms with Gasteiger partial charge in [0.25, 0.3) is 0 Å². The van der Waals surface area contributed by atoms with E-state index in [2.05, 4.69) is 22.6 Å². The lowest BCUT2D eigenvalue weighted by Crippen LogP contribution is -1.97. The van der Waals surface area contributed by atoms with E-state index in [1.807, 2.05) is 24.3 Å². The molecule has 0 unspecified atom stereocenters. The molecule has 98 valence electrons. The highest BCUT2D eigenvalue weighted by Crippen LogP contribution is 2.23. The summed E-state index contributed by atoms with van der Waals surface area (Å²) < 4.78 is 19.9. The van der Waals surface area contributed by atoms with Crippen molar-refractivity contribution < 1.29 is 14.1 Å². The topological polar surface area (TPSA) is 52.4 Å². The van der Waals surface area contributed by atoms with Gasteiger partial charge < -0.3 is 4.74 Å². The minimum Gasteiger partial charge on any atom is -0.489 e. The van der Waals surface area contributed by atoms with Crippen LogP contribution in [0.4, 0.5) is 10.1 Å². The van der Waals surface area contributed by atoms with Gasteiger partial charge in [0.15, 0.2) is 0 Å². The Balaban J connectivity index is 2.06. The zero-order valence-corrected chi connectivity index (χ0v) is 11.8. The molecule has 0 atom stereocenters. The van der Waals surface area contributed by atoms with E-state index in [0.29, 0.717) is 0 Å². The van der Waals surface area contributed by atoms with Crippen molar-refractivity contribution in [1.29, 1.82) is 0 Å². The van der Waals surface area contributed by atoms with Crippen LogP contribution in [0.3, 0.4) is 0 Å². The van der Waals surface area contributed by atoms with Crippen LogP contribution >= 0.6 is 22.6 Å². The molecule has 2 aromatic rings. The van der Waals surface area contributed by atoms with Gasteiger partial charge >= 0.3 is 5.69 Å². The van der Waals surface area contributed by atoms with E-state index in [4.69, 9.17) is 4.74 Å². The number of hydrogen-bond donors (Lipinski definition) is 0. The smallest absolute Gasteiger partial charge is 0.305 e. The molecular formula is C13H9FINO3. The minimum absolute atomic E-state index is 0.265. The number of rotatable bonds is 4. The molecule has 4 nitrogen and oxygen atoms in total. The first-order valence-corrected chi connectivity index (χ1v) is 6.45.